The van der Waals surface area contributed by atoms with Crippen LogP contribution in [0.4, 0.5) is 11.4 Å². The van der Waals surface area contributed by atoms with E-state index in [4.69, 9.17) is 4.74 Å². The van der Waals surface area contributed by atoms with Crippen LogP contribution in [0.5, 0.6) is 5.75 Å². The molecule has 2 aromatic carbocycles. The first kappa shape index (κ1) is 18.0. The molecule has 0 bridgehead atoms. The zero-order valence-corrected chi connectivity index (χ0v) is 14.1. The monoisotopic (exact) mass is 342 g/mol. The van der Waals surface area contributed by atoms with Crippen LogP contribution in [0.15, 0.2) is 42.5 Å². The van der Waals surface area contributed by atoms with Gasteiger partial charge in [0.05, 0.1) is 25.5 Å². The molecule has 0 saturated carbocycles. The Labute approximate surface area is 144 Å². The van der Waals surface area contributed by atoms with Crippen LogP contribution >= 0.6 is 0 Å². The van der Waals surface area contributed by atoms with E-state index in [1.54, 1.807) is 36.4 Å². The van der Waals surface area contributed by atoms with E-state index in [0.717, 1.165) is 0 Å². The van der Waals surface area contributed by atoms with Gasteiger partial charge in [-0.05, 0) is 42.5 Å². The lowest BCUT2D eigenvalue weighted by Gasteiger charge is -2.11. The van der Waals surface area contributed by atoms with Gasteiger partial charge in [-0.3, -0.25) is 9.59 Å². The van der Waals surface area contributed by atoms with E-state index in [1.807, 2.05) is 0 Å². The number of benzene rings is 2. The highest BCUT2D eigenvalue weighted by Crippen LogP contribution is 2.26. The summed E-state index contributed by atoms with van der Waals surface area (Å²) in [6.45, 7) is 1.37. The van der Waals surface area contributed by atoms with Gasteiger partial charge in [0.15, 0.2) is 0 Å². The zero-order chi connectivity index (χ0) is 18.4. The number of hydrogen-bond donors (Lipinski definition) is 2. The number of esters is 1. The molecule has 0 heterocycles. The highest BCUT2D eigenvalue weighted by atomic mass is 16.5. The fourth-order valence-electron chi connectivity index (χ4n) is 2.15. The molecule has 0 aliphatic carbocycles. The van der Waals surface area contributed by atoms with Gasteiger partial charge in [0.25, 0.3) is 5.91 Å². The largest absolute Gasteiger partial charge is 0.495 e. The first-order chi connectivity index (χ1) is 11.9. The normalized spacial score (nSPS) is 9.88. The molecular formula is C18H18N2O5. The third-order valence-electron chi connectivity index (χ3n) is 3.34. The zero-order valence-electron chi connectivity index (χ0n) is 14.1. The minimum absolute atomic E-state index is 0.269. The Morgan fingerprint density at radius 3 is 2.08 bits per heavy atom. The van der Waals surface area contributed by atoms with Crippen molar-refractivity contribution in [2.75, 3.05) is 24.9 Å². The Balaban J connectivity index is 2.17. The molecule has 2 aromatic rings. The molecule has 0 unspecified atom stereocenters. The highest BCUT2D eigenvalue weighted by Gasteiger charge is 2.12. The number of methoxy groups -OCH3 is 2. The standard InChI is InChI=1S/C18H18N2O5/c1-11(21)19-15-10-13(6-9-16(15)24-2)17(22)20-14-7-4-12(5-8-14)18(23)25-3/h4-10H,1-3H3,(H,19,21)(H,20,22). The van der Waals surface area contributed by atoms with Gasteiger partial charge in [-0.15, -0.1) is 0 Å². The predicted molar refractivity (Wildman–Crippen MR) is 93.0 cm³/mol. The molecule has 0 saturated heterocycles. The quantitative estimate of drug-likeness (QED) is 0.815. The first-order valence-electron chi connectivity index (χ1n) is 7.40. The Kier molecular flexibility index (Phi) is 5.73. The number of hydrogen-bond acceptors (Lipinski definition) is 5. The maximum absolute atomic E-state index is 12.4. The molecule has 130 valence electrons. The molecule has 25 heavy (non-hydrogen) atoms. The SMILES string of the molecule is COC(=O)c1ccc(NC(=O)c2ccc(OC)c(NC(C)=O)c2)cc1. The van der Waals surface area contributed by atoms with Crippen LogP contribution in [0.3, 0.4) is 0 Å². The molecule has 0 radical (unpaired) electrons. The smallest absolute Gasteiger partial charge is 0.337 e. The molecule has 2 N–H and O–H groups in total. The fraction of sp³-hybridized carbons (Fsp3) is 0.167. The van der Waals surface area contributed by atoms with Crippen molar-refractivity contribution in [1.82, 2.24) is 0 Å². The van der Waals surface area contributed by atoms with Gasteiger partial charge < -0.3 is 20.1 Å². The first-order valence-corrected chi connectivity index (χ1v) is 7.40. The molecule has 7 nitrogen and oxygen atoms in total. The van der Waals surface area contributed by atoms with E-state index in [2.05, 4.69) is 15.4 Å². The maximum Gasteiger partial charge on any atom is 0.337 e. The Bertz CT molecular complexity index is 800. The molecule has 0 aliphatic rings. The second-order valence-corrected chi connectivity index (χ2v) is 5.12. The van der Waals surface area contributed by atoms with E-state index in [1.165, 1.54) is 27.2 Å². The summed E-state index contributed by atoms with van der Waals surface area (Å²) in [6, 6.07) is 11.0. The summed E-state index contributed by atoms with van der Waals surface area (Å²) < 4.78 is 9.78. The van der Waals surface area contributed by atoms with E-state index >= 15 is 0 Å². The maximum atomic E-state index is 12.4. The molecule has 0 aromatic heterocycles. The fourth-order valence-corrected chi connectivity index (χ4v) is 2.15. The molecule has 0 atom stereocenters. The molecule has 7 heteroatoms. The van der Waals surface area contributed by atoms with Gasteiger partial charge in [0.2, 0.25) is 5.91 Å². The summed E-state index contributed by atoms with van der Waals surface area (Å²) in [7, 11) is 2.78. The second kappa shape index (κ2) is 7.96. The summed E-state index contributed by atoms with van der Waals surface area (Å²) in [5.74, 6) is -0.628. The third kappa shape index (κ3) is 4.57. The number of nitrogens with one attached hydrogen (secondary N) is 2. The second-order valence-electron chi connectivity index (χ2n) is 5.12. The predicted octanol–water partition coefficient (Wildman–Crippen LogP) is 2.69. The van der Waals surface area contributed by atoms with Crippen molar-refractivity contribution in [3.63, 3.8) is 0 Å². The van der Waals surface area contributed by atoms with Crippen molar-refractivity contribution in [2.45, 2.75) is 6.92 Å². The number of rotatable bonds is 5. The summed E-state index contributed by atoms with van der Waals surface area (Å²) in [5.41, 5.74) is 1.66. The van der Waals surface area contributed by atoms with Crippen LogP contribution in [0.1, 0.15) is 27.6 Å². The van der Waals surface area contributed by atoms with E-state index in [-0.39, 0.29) is 11.8 Å². The van der Waals surface area contributed by atoms with Crippen LogP contribution in [0, 0.1) is 0 Å². The van der Waals surface area contributed by atoms with Crippen molar-refractivity contribution in [3.8, 4) is 5.75 Å². The summed E-state index contributed by atoms with van der Waals surface area (Å²) in [6.07, 6.45) is 0. The Hall–Kier alpha value is -3.35. The number of amides is 2. The number of carbonyl (C=O) groups is 3. The lowest BCUT2D eigenvalue weighted by molar-refractivity contribution is -0.114. The van der Waals surface area contributed by atoms with Gasteiger partial charge in [-0.1, -0.05) is 0 Å². The van der Waals surface area contributed by atoms with Gasteiger partial charge >= 0.3 is 5.97 Å². The van der Waals surface area contributed by atoms with Crippen LogP contribution in [-0.2, 0) is 9.53 Å². The van der Waals surface area contributed by atoms with Crippen LogP contribution in [0.25, 0.3) is 0 Å². The number of ether oxygens (including phenoxy) is 2. The van der Waals surface area contributed by atoms with Crippen molar-refractivity contribution < 1.29 is 23.9 Å². The summed E-state index contributed by atoms with van der Waals surface area (Å²) in [5, 5.41) is 5.33. The lowest BCUT2D eigenvalue weighted by Crippen LogP contribution is -2.14. The highest BCUT2D eigenvalue weighted by molar-refractivity contribution is 6.06. The average Bonchev–Trinajstić information content (AvgIpc) is 2.61. The topological polar surface area (TPSA) is 93.7 Å². The molecule has 0 aliphatic heterocycles. The van der Waals surface area contributed by atoms with Crippen molar-refractivity contribution in [1.29, 1.82) is 0 Å². The Morgan fingerprint density at radius 1 is 0.880 bits per heavy atom. The van der Waals surface area contributed by atoms with E-state index < -0.39 is 5.97 Å². The van der Waals surface area contributed by atoms with Crippen molar-refractivity contribution in [3.05, 3.63) is 53.6 Å². The minimum atomic E-state index is -0.451. The molecule has 2 rings (SSSR count). The van der Waals surface area contributed by atoms with Crippen molar-refractivity contribution >= 4 is 29.2 Å². The van der Waals surface area contributed by atoms with Gasteiger partial charge in [-0.25, -0.2) is 4.79 Å². The van der Waals surface area contributed by atoms with E-state index in [9.17, 15) is 14.4 Å². The molecule has 0 spiro atoms. The number of carbonyl (C=O) groups excluding carboxylic acids is 3. The molecule has 0 fully saturated rings. The third-order valence-corrected chi connectivity index (χ3v) is 3.34. The number of anilines is 2. The van der Waals surface area contributed by atoms with Gasteiger partial charge in [0.1, 0.15) is 5.75 Å². The van der Waals surface area contributed by atoms with Crippen LogP contribution in [0.2, 0.25) is 0 Å². The van der Waals surface area contributed by atoms with Gasteiger partial charge in [0, 0.05) is 18.2 Å². The van der Waals surface area contributed by atoms with Crippen LogP contribution < -0.4 is 15.4 Å². The van der Waals surface area contributed by atoms with Gasteiger partial charge in [-0.2, -0.15) is 0 Å². The molecular weight excluding hydrogens is 324 g/mol. The Morgan fingerprint density at radius 2 is 1.52 bits per heavy atom. The van der Waals surface area contributed by atoms with Crippen LogP contribution in [-0.4, -0.2) is 32.0 Å². The van der Waals surface area contributed by atoms with E-state index in [0.29, 0.717) is 28.3 Å². The summed E-state index contributed by atoms with van der Waals surface area (Å²) >= 11 is 0. The lowest BCUT2D eigenvalue weighted by atomic mass is 10.1. The average molecular weight is 342 g/mol. The van der Waals surface area contributed by atoms with Crippen molar-refractivity contribution in [2.24, 2.45) is 0 Å². The summed E-state index contributed by atoms with van der Waals surface area (Å²) in [4.78, 5) is 35.0. The minimum Gasteiger partial charge on any atom is -0.495 e. The molecule has 2 amide bonds.